The smallest absolute Gasteiger partial charge is 0.161 e. The summed E-state index contributed by atoms with van der Waals surface area (Å²) in [5.74, 6) is 4.77. The summed E-state index contributed by atoms with van der Waals surface area (Å²) >= 11 is 0. The maximum absolute atomic E-state index is 5.45. The van der Waals surface area contributed by atoms with Gasteiger partial charge in [0.2, 0.25) is 0 Å². The van der Waals surface area contributed by atoms with Crippen LogP contribution in [0.2, 0.25) is 0 Å². The van der Waals surface area contributed by atoms with Gasteiger partial charge in [-0.3, -0.25) is 4.98 Å². The molecule has 0 unspecified atom stereocenters. The summed E-state index contributed by atoms with van der Waals surface area (Å²) in [5.41, 5.74) is 9.81. The van der Waals surface area contributed by atoms with Crippen LogP contribution in [0.4, 0.5) is 5.69 Å². The standard InChI is InChI=1S/C10H13N.C9H11NO.C9H10O2.C9H10.C8H9NO.C8H8O.6C2H6/c1-11-7-6-9-4-2-3-5-10(9)8-11;1-10-6-7-11-9-5-3-2-4-8(9)10;1-2-5-9-8(4-1)10-6-3-7-11-9;1-2-5-9-7-3-6-8(9)4-1;1-4-8-7(9-5-1)3-2-6-10-8;1-2-4-8-7(3-1)5-6-9-8;6*1-2/h2-5H,6-8H2,1H3;2-5H,6-7H2,1H3;1-2,4-5H,3,6-7H2;1-2,4-5H,3,6-7H2;1,4-5H,2-3,6H2;1-4H,5-6H2;6*1-2H3. The summed E-state index contributed by atoms with van der Waals surface area (Å²) in [6.07, 6.45) is 11.2. The second-order valence-corrected chi connectivity index (χ2v) is 15.7. The molecule has 0 radical (unpaired) electrons. The number of rotatable bonds is 0. The van der Waals surface area contributed by atoms with Crippen molar-refractivity contribution in [2.75, 3.05) is 65.1 Å². The molecule has 6 aliphatic rings. The second kappa shape index (κ2) is 42.5. The van der Waals surface area contributed by atoms with Crippen LogP contribution in [0.1, 0.15) is 136 Å². The number of benzene rings is 5. The number of para-hydroxylation sites is 5. The summed E-state index contributed by atoms with van der Waals surface area (Å²) in [5, 5.41) is 0. The van der Waals surface area contributed by atoms with Crippen LogP contribution < -0.4 is 28.6 Å². The van der Waals surface area contributed by atoms with Gasteiger partial charge in [-0.15, -0.1) is 0 Å². The first-order chi connectivity index (χ1) is 36.1. The maximum atomic E-state index is 5.45. The Hall–Kier alpha value is -5.99. The van der Waals surface area contributed by atoms with E-state index in [0.717, 1.165) is 106 Å². The fourth-order valence-corrected chi connectivity index (χ4v) is 7.86. The van der Waals surface area contributed by atoms with Crippen molar-refractivity contribution in [3.05, 3.63) is 173 Å². The lowest BCUT2D eigenvalue weighted by Crippen LogP contribution is -2.28. The van der Waals surface area contributed by atoms with E-state index in [9.17, 15) is 0 Å². The topological polar surface area (TPSA) is 65.5 Å². The zero-order valence-corrected chi connectivity index (χ0v) is 48.0. The molecule has 8 heteroatoms. The Bertz CT molecular complexity index is 2090. The van der Waals surface area contributed by atoms with Crippen molar-refractivity contribution in [2.45, 2.75) is 141 Å². The minimum absolute atomic E-state index is 0.761. The summed E-state index contributed by atoms with van der Waals surface area (Å²) in [7, 11) is 4.26. The minimum Gasteiger partial charge on any atom is -0.493 e. The first-order valence-corrected chi connectivity index (χ1v) is 28.0. The van der Waals surface area contributed by atoms with Crippen LogP contribution in [-0.2, 0) is 38.6 Å². The van der Waals surface area contributed by atoms with Crippen LogP contribution >= 0.6 is 0 Å². The average Bonchev–Trinajstić information content (AvgIpc) is 4.12. The van der Waals surface area contributed by atoms with Gasteiger partial charge in [-0.05, 0) is 116 Å². The van der Waals surface area contributed by atoms with Crippen molar-refractivity contribution in [1.29, 1.82) is 0 Å². The molecule has 6 aromatic rings. The molecule has 402 valence electrons. The number of fused-ring (bicyclic) bond motifs is 6. The van der Waals surface area contributed by atoms with E-state index < -0.39 is 0 Å². The molecule has 1 aliphatic carbocycles. The van der Waals surface area contributed by atoms with E-state index in [2.05, 4.69) is 89.5 Å². The number of ether oxygens (including phenoxy) is 5. The molecular formula is C65H97N3O5. The van der Waals surface area contributed by atoms with E-state index in [1.165, 1.54) is 54.6 Å². The quantitative estimate of drug-likeness (QED) is 0.149. The summed E-state index contributed by atoms with van der Waals surface area (Å²) < 4.78 is 27.0. The molecule has 0 bridgehead atoms. The molecule has 6 heterocycles. The molecule has 0 N–H and O–H groups in total. The Balaban J connectivity index is 0.000000421. The molecule has 12 rings (SSSR count). The summed E-state index contributed by atoms with van der Waals surface area (Å²) in [4.78, 5) is 8.76. The Morgan fingerprint density at radius 3 is 1.34 bits per heavy atom. The van der Waals surface area contributed by atoms with E-state index in [1.54, 1.807) is 11.1 Å². The minimum atomic E-state index is 0.761. The van der Waals surface area contributed by atoms with Crippen molar-refractivity contribution >= 4 is 5.69 Å². The van der Waals surface area contributed by atoms with Crippen LogP contribution in [0.15, 0.2) is 140 Å². The lowest BCUT2D eigenvalue weighted by molar-refractivity contribution is 0.285. The lowest BCUT2D eigenvalue weighted by Gasteiger charge is -2.27. The third-order valence-electron chi connectivity index (χ3n) is 11.2. The highest BCUT2D eigenvalue weighted by molar-refractivity contribution is 5.59. The van der Waals surface area contributed by atoms with E-state index in [1.807, 2.05) is 162 Å². The van der Waals surface area contributed by atoms with Crippen molar-refractivity contribution in [1.82, 2.24) is 9.88 Å². The van der Waals surface area contributed by atoms with Gasteiger partial charge in [-0.1, -0.05) is 174 Å². The fraction of sp³-hybridized carbons (Fsp3) is 0.462. The number of nitrogens with zero attached hydrogens (tertiary/aromatic N) is 3. The average molecular weight is 1000 g/mol. The second-order valence-electron chi connectivity index (χ2n) is 15.7. The van der Waals surface area contributed by atoms with Gasteiger partial charge in [0.05, 0.1) is 44.4 Å². The normalized spacial score (nSPS) is 13.8. The predicted molar refractivity (Wildman–Crippen MR) is 314 cm³/mol. The number of hydrogen-bond acceptors (Lipinski definition) is 8. The van der Waals surface area contributed by atoms with Crippen LogP contribution in [-0.4, -0.2) is 70.1 Å². The van der Waals surface area contributed by atoms with Crippen LogP contribution in [0.25, 0.3) is 0 Å². The molecule has 0 saturated heterocycles. The van der Waals surface area contributed by atoms with Gasteiger partial charge < -0.3 is 33.5 Å². The van der Waals surface area contributed by atoms with Crippen LogP contribution in [0.5, 0.6) is 28.7 Å². The Kier molecular flexibility index (Phi) is 37.9. The van der Waals surface area contributed by atoms with Crippen molar-refractivity contribution in [3.63, 3.8) is 0 Å². The van der Waals surface area contributed by atoms with Crippen LogP contribution in [0.3, 0.4) is 0 Å². The van der Waals surface area contributed by atoms with Gasteiger partial charge >= 0.3 is 0 Å². The maximum Gasteiger partial charge on any atom is 0.161 e. The monoisotopic (exact) mass is 1000 g/mol. The van der Waals surface area contributed by atoms with Gasteiger partial charge in [0.1, 0.15) is 23.9 Å². The molecule has 5 aromatic carbocycles. The van der Waals surface area contributed by atoms with Crippen molar-refractivity contribution in [3.8, 4) is 28.7 Å². The molecule has 1 aromatic heterocycles. The zero-order chi connectivity index (χ0) is 53.9. The summed E-state index contributed by atoms with van der Waals surface area (Å²) in [6.45, 7) is 31.3. The molecular weight excluding hydrogens is 903 g/mol. The van der Waals surface area contributed by atoms with Gasteiger partial charge in [0, 0.05) is 39.2 Å². The first-order valence-electron chi connectivity index (χ1n) is 28.0. The lowest BCUT2D eigenvalue weighted by atomic mass is 10.0. The fourth-order valence-electron chi connectivity index (χ4n) is 7.86. The van der Waals surface area contributed by atoms with Gasteiger partial charge in [-0.25, -0.2) is 0 Å². The van der Waals surface area contributed by atoms with E-state index in [-0.39, 0.29) is 0 Å². The molecule has 0 fully saturated rings. The van der Waals surface area contributed by atoms with Crippen LogP contribution in [0, 0.1) is 0 Å². The highest BCUT2D eigenvalue weighted by Crippen LogP contribution is 2.30. The SMILES string of the molecule is CC.CC.CC.CC.CC.CC.CN1CCOc2ccccc21.CN1CCc2ccccc2C1.c1ccc2c(c1)CCC2.c1ccc2c(c1)CCO2.c1ccc2c(c1)OCCCO2.c1cnc2c(c1)OCCC2. The highest BCUT2D eigenvalue weighted by atomic mass is 16.5. The molecule has 73 heavy (non-hydrogen) atoms. The largest absolute Gasteiger partial charge is 0.493 e. The molecule has 5 aliphatic heterocycles. The third-order valence-corrected chi connectivity index (χ3v) is 11.2. The Morgan fingerprint density at radius 1 is 0.342 bits per heavy atom. The van der Waals surface area contributed by atoms with E-state index >= 15 is 0 Å². The van der Waals surface area contributed by atoms with Gasteiger partial charge in [-0.2, -0.15) is 0 Å². The zero-order valence-electron chi connectivity index (χ0n) is 48.0. The number of aryl methyl sites for hydroxylation is 3. The highest BCUT2D eigenvalue weighted by Gasteiger charge is 2.14. The molecule has 0 amide bonds. The predicted octanol–water partition coefficient (Wildman–Crippen LogP) is 16.4. The van der Waals surface area contributed by atoms with E-state index in [0.29, 0.717) is 0 Å². The molecule has 0 spiro atoms. The van der Waals surface area contributed by atoms with Crippen molar-refractivity contribution in [2.24, 2.45) is 0 Å². The Labute approximate surface area is 445 Å². The van der Waals surface area contributed by atoms with Gasteiger partial charge in [0.25, 0.3) is 0 Å². The number of anilines is 1. The third kappa shape index (κ3) is 24.1. The number of likely N-dealkylation sites (N-methyl/N-ethyl adjacent to an activating group) is 2. The molecule has 0 saturated carbocycles. The summed E-state index contributed by atoms with van der Waals surface area (Å²) in [6, 6.07) is 45.4. The molecule has 0 atom stereocenters. The van der Waals surface area contributed by atoms with E-state index in [4.69, 9.17) is 23.7 Å². The van der Waals surface area contributed by atoms with Crippen molar-refractivity contribution < 1.29 is 23.7 Å². The number of pyridine rings is 1. The number of hydrogen-bond donors (Lipinski definition) is 0. The first kappa shape index (κ1) is 65.0. The molecule has 8 nitrogen and oxygen atoms in total. The van der Waals surface area contributed by atoms with Gasteiger partial charge in [0.15, 0.2) is 11.5 Å². The Morgan fingerprint density at radius 2 is 0.781 bits per heavy atom. The number of aromatic nitrogens is 1.